The molecule has 0 amide bonds. The lowest BCUT2D eigenvalue weighted by atomic mass is 10.2. The van der Waals surface area contributed by atoms with Crippen LogP contribution in [0.5, 0.6) is 10.9 Å². The summed E-state index contributed by atoms with van der Waals surface area (Å²) in [5.41, 5.74) is 0.300. The summed E-state index contributed by atoms with van der Waals surface area (Å²) < 4.78 is 43.2. The zero-order valence-corrected chi connectivity index (χ0v) is 11.1. The summed E-state index contributed by atoms with van der Waals surface area (Å²) in [6, 6.07) is 4.63. The van der Waals surface area contributed by atoms with Gasteiger partial charge in [-0.05, 0) is 18.2 Å². The molecule has 0 saturated carbocycles. The number of thiazole rings is 1. The van der Waals surface area contributed by atoms with Crippen LogP contribution in [0.3, 0.4) is 0 Å². The first-order valence-electron chi connectivity index (χ1n) is 5.70. The molecule has 108 valence electrons. The van der Waals surface area contributed by atoms with Crippen molar-refractivity contribution in [2.75, 3.05) is 0 Å². The van der Waals surface area contributed by atoms with Crippen molar-refractivity contribution in [2.45, 2.75) is 6.18 Å². The first-order chi connectivity index (χ1) is 10.0. The van der Waals surface area contributed by atoms with Crippen LogP contribution in [0.25, 0.3) is 11.4 Å². The van der Waals surface area contributed by atoms with E-state index in [1.165, 1.54) is 12.1 Å². The van der Waals surface area contributed by atoms with Gasteiger partial charge in [0.25, 0.3) is 5.19 Å². The summed E-state index contributed by atoms with van der Waals surface area (Å²) >= 11 is 1.16. The molecule has 0 unspecified atom stereocenters. The smallest absolute Gasteiger partial charge is 0.416 e. The lowest BCUT2D eigenvalue weighted by Gasteiger charge is -2.08. The first-order valence-corrected chi connectivity index (χ1v) is 6.58. The number of halogens is 3. The molecule has 0 saturated heterocycles. The maximum absolute atomic E-state index is 12.6. The molecule has 2 aromatic heterocycles. The highest BCUT2D eigenvalue weighted by Crippen LogP contribution is 2.34. The summed E-state index contributed by atoms with van der Waals surface area (Å²) in [7, 11) is 0. The minimum absolute atomic E-state index is 0.0749. The van der Waals surface area contributed by atoms with Gasteiger partial charge in [0.2, 0.25) is 0 Å². The van der Waals surface area contributed by atoms with Gasteiger partial charge in [0, 0.05) is 5.38 Å². The van der Waals surface area contributed by atoms with Gasteiger partial charge in [-0.15, -0.1) is 5.10 Å². The van der Waals surface area contributed by atoms with E-state index in [1.54, 1.807) is 11.6 Å². The van der Waals surface area contributed by atoms with E-state index >= 15 is 0 Å². The van der Waals surface area contributed by atoms with Gasteiger partial charge in [-0.1, -0.05) is 22.6 Å². The van der Waals surface area contributed by atoms with Gasteiger partial charge < -0.3 is 4.74 Å². The van der Waals surface area contributed by atoms with Crippen LogP contribution >= 0.6 is 11.3 Å². The van der Waals surface area contributed by atoms with Gasteiger partial charge >= 0.3 is 6.18 Å². The Morgan fingerprint density at radius 2 is 2.05 bits per heavy atom. The Balaban J connectivity index is 1.81. The van der Waals surface area contributed by atoms with Crippen molar-refractivity contribution in [3.63, 3.8) is 0 Å². The third-order valence-corrected chi connectivity index (χ3v) is 3.25. The fourth-order valence-electron chi connectivity index (χ4n) is 1.59. The Kier molecular flexibility index (Phi) is 3.34. The minimum atomic E-state index is -4.41. The fourth-order valence-corrected chi connectivity index (χ4v) is 2.27. The predicted octanol–water partition coefficient (Wildman–Crippen LogP) is 3.74. The van der Waals surface area contributed by atoms with Crippen LogP contribution in [0, 0.1) is 0 Å². The van der Waals surface area contributed by atoms with Crippen LogP contribution in [0.4, 0.5) is 13.2 Å². The summed E-state index contributed by atoms with van der Waals surface area (Å²) in [4.78, 5) is 4.13. The zero-order valence-electron chi connectivity index (χ0n) is 10.3. The van der Waals surface area contributed by atoms with Gasteiger partial charge in [0.1, 0.15) is 17.1 Å². The molecule has 5 nitrogen and oxygen atoms in total. The van der Waals surface area contributed by atoms with E-state index in [2.05, 4.69) is 20.4 Å². The van der Waals surface area contributed by atoms with Gasteiger partial charge in [-0.2, -0.15) is 13.2 Å². The molecule has 0 atom stereocenters. The number of aromatic nitrogens is 4. The number of nitrogens with zero attached hydrogens (tertiary/aromatic N) is 3. The SMILES string of the molecule is FC(F)(F)c1cccc(Oc2nc(-c3c[nH]nn3)cs2)c1. The number of H-pyrrole nitrogens is 1. The standard InChI is InChI=1S/C12H7F3N4OS/c13-12(14,15)7-2-1-3-8(4-7)20-11-17-10(6-21-11)9-5-16-19-18-9/h1-6H,(H,16,18,19). The Labute approximate surface area is 120 Å². The number of rotatable bonds is 3. The lowest BCUT2D eigenvalue weighted by molar-refractivity contribution is -0.137. The van der Waals surface area contributed by atoms with Crippen LogP contribution in [-0.4, -0.2) is 20.4 Å². The number of nitrogens with one attached hydrogen (secondary N) is 1. The zero-order chi connectivity index (χ0) is 14.9. The normalized spacial score (nSPS) is 11.6. The summed E-state index contributed by atoms with van der Waals surface area (Å²) in [6.07, 6.45) is -2.85. The molecule has 3 aromatic rings. The minimum Gasteiger partial charge on any atom is -0.431 e. The lowest BCUT2D eigenvalue weighted by Crippen LogP contribution is -2.04. The van der Waals surface area contributed by atoms with E-state index in [0.717, 1.165) is 23.5 Å². The van der Waals surface area contributed by atoms with Crippen molar-refractivity contribution < 1.29 is 17.9 Å². The summed E-state index contributed by atoms with van der Waals surface area (Å²) in [6.45, 7) is 0. The van der Waals surface area contributed by atoms with E-state index in [1.807, 2.05) is 0 Å². The highest BCUT2D eigenvalue weighted by molar-refractivity contribution is 7.11. The Hall–Kier alpha value is -2.42. The van der Waals surface area contributed by atoms with Gasteiger partial charge in [0.15, 0.2) is 0 Å². The molecule has 3 rings (SSSR count). The largest absolute Gasteiger partial charge is 0.431 e. The molecule has 0 aliphatic heterocycles. The second-order valence-corrected chi connectivity index (χ2v) is 4.81. The Morgan fingerprint density at radius 1 is 1.19 bits per heavy atom. The Bertz CT molecular complexity index is 739. The van der Waals surface area contributed by atoms with Gasteiger partial charge in [-0.3, -0.25) is 5.10 Å². The average Bonchev–Trinajstić information content (AvgIpc) is 3.08. The second kappa shape index (κ2) is 5.17. The Morgan fingerprint density at radius 3 is 2.76 bits per heavy atom. The van der Waals surface area contributed by atoms with Crippen molar-refractivity contribution >= 4 is 11.3 Å². The molecule has 0 fully saturated rings. The molecule has 21 heavy (non-hydrogen) atoms. The molecule has 0 spiro atoms. The number of aromatic amines is 1. The second-order valence-electron chi connectivity index (χ2n) is 3.98. The highest BCUT2D eigenvalue weighted by Gasteiger charge is 2.30. The van der Waals surface area contributed by atoms with Crippen LogP contribution in [-0.2, 0) is 6.18 Å². The van der Waals surface area contributed by atoms with Gasteiger partial charge in [-0.25, -0.2) is 4.98 Å². The molecule has 0 bridgehead atoms. The molecular weight excluding hydrogens is 305 g/mol. The van der Waals surface area contributed by atoms with Gasteiger partial charge in [0.05, 0.1) is 11.8 Å². The van der Waals surface area contributed by atoms with E-state index < -0.39 is 11.7 Å². The number of hydrogen-bond acceptors (Lipinski definition) is 5. The molecule has 2 heterocycles. The third-order valence-electron chi connectivity index (χ3n) is 2.53. The van der Waals surface area contributed by atoms with E-state index in [0.29, 0.717) is 11.4 Å². The maximum atomic E-state index is 12.6. The van der Waals surface area contributed by atoms with Crippen molar-refractivity contribution in [1.82, 2.24) is 20.4 Å². The number of ether oxygens (including phenoxy) is 1. The molecule has 0 radical (unpaired) electrons. The predicted molar refractivity (Wildman–Crippen MR) is 69.0 cm³/mol. The van der Waals surface area contributed by atoms with Crippen LogP contribution in [0.1, 0.15) is 5.56 Å². The fraction of sp³-hybridized carbons (Fsp3) is 0.0833. The quantitative estimate of drug-likeness (QED) is 0.800. The average molecular weight is 312 g/mol. The van der Waals surface area contributed by atoms with Crippen LogP contribution in [0.15, 0.2) is 35.8 Å². The number of alkyl halides is 3. The van der Waals surface area contributed by atoms with Crippen molar-refractivity contribution in [3.8, 4) is 22.3 Å². The van der Waals surface area contributed by atoms with Crippen molar-refractivity contribution in [1.29, 1.82) is 0 Å². The molecule has 0 aliphatic carbocycles. The molecule has 1 N–H and O–H groups in total. The van der Waals surface area contributed by atoms with E-state index in [4.69, 9.17) is 4.74 Å². The number of hydrogen-bond donors (Lipinski definition) is 1. The topological polar surface area (TPSA) is 63.7 Å². The molecule has 9 heteroatoms. The third kappa shape index (κ3) is 3.02. The van der Waals surface area contributed by atoms with Crippen LogP contribution < -0.4 is 4.74 Å². The highest BCUT2D eigenvalue weighted by atomic mass is 32.1. The molecular formula is C12H7F3N4OS. The monoisotopic (exact) mass is 312 g/mol. The van der Waals surface area contributed by atoms with E-state index in [-0.39, 0.29) is 10.9 Å². The number of benzene rings is 1. The van der Waals surface area contributed by atoms with Crippen molar-refractivity contribution in [3.05, 3.63) is 41.4 Å². The van der Waals surface area contributed by atoms with Crippen molar-refractivity contribution in [2.24, 2.45) is 0 Å². The van der Waals surface area contributed by atoms with Crippen LogP contribution in [0.2, 0.25) is 0 Å². The molecule has 0 aliphatic rings. The van der Waals surface area contributed by atoms with E-state index in [9.17, 15) is 13.2 Å². The maximum Gasteiger partial charge on any atom is 0.416 e. The summed E-state index contributed by atoms with van der Waals surface area (Å²) in [5.74, 6) is 0.0749. The first kappa shape index (κ1) is 13.6. The summed E-state index contributed by atoms with van der Waals surface area (Å²) in [5, 5.41) is 11.8. The molecule has 1 aromatic carbocycles.